The third-order valence-electron chi connectivity index (χ3n) is 4.40. The maximum absolute atomic E-state index is 12.2. The molecule has 3 aliphatic rings. The molecule has 2 heterocycles. The topological polar surface area (TPSA) is 50.4 Å². The Kier molecular flexibility index (Phi) is 3.09. The zero-order chi connectivity index (χ0) is 11.8. The smallest absolute Gasteiger partial charge is 0.225 e. The van der Waals surface area contributed by atoms with Crippen molar-refractivity contribution in [2.24, 2.45) is 17.8 Å². The van der Waals surface area contributed by atoms with E-state index in [9.17, 15) is 4.79 Å². The molecule has 0 spiro atoms. The lowest BCUT2D eigenvalue weighted by Crippen LogP contribution is -2.45. The molecular formula is C13H22N2O2. The molecule has 2 saturated heterocycles. The summed E-state index contributed by atoms with van der Waals surface area (Å²) in [6, 6.07) is 0.266. The van der Waals surface area contributed by atoms with Crippen molar-refractivity contribution in [1.29, 1.82) is 0 Å². The van der Waals surface area contributed by atoms with Gasteiger partial charge in [-0.1, -0.05) is 6.92 Å². The van der Waals surface area contributed by atoms with E-state index in [-0.39, 0.29) is 17.9 Å². The second-order valence-electron chi connectivity index (χ2n) is 5.82. The summed E-state index contributed by atoms with van der Waals surface area (Å²) in [5.41, 5.74) is 0. The van der Waals surface area contributed by atoms with E-state index >= 15 is 0 Å². The molecule has 4 atom stereocenters. The number of amides is 1. The van der Waals surface area contributed by atoms with Crippen LogP contribution in [-0.2, 0) is 9.53 Å². The van der Waals surface area contributed by atoms with Crippen LogP contribution in [0.15, 0.2) is 0 Å². The third kappa shape index (κ3) is 2.33. The number of carbonyl (C=O) groups is 1. The van der Waals surface area contributed by atoms with E-state index in [1.54, 1.807) is 0 Å². The summed E-state index contributed by atoms with van der Waals surface area (Å²) in [5.74, 6) is 1.54. The van der Waals surface area contributed by atoms with Gasteiger partial charge in [-0.25, -0.2) is 0 Å². The lowest BCUT2D eigenvalue weighted by molar-refractivity contribution is -0.126. The molecule has 0 aromatic rings. The summed E-state index contributed by atoms with van der Waals surface area (Å²) in [4.78, 5) is 12.2. The predicted molar refractivity (Wildman–Crippen MR) is 64.5 cm³/mol. The normalized spacial score (nSPS) is 41.7. The van der Waals surface area contributed by atoms with E-state index in [1.807, 2.05) is 0 Å². The molecular weight excluding hydrogens is 216 g/mol. The number of nitrogens with one attached hydrogen (secondary N) is 2. The molecule has 0 aromatic heterocycles. The lowest BCUT2D eigenvalue weighted by Gasteiger charge is -2.22. The molecule has 1 saturated carbocycles. The van der Waals surface area contributed by atoms with Gasteiger partial charge in [-0.3, -0.25) is 4.79 Å². The highest BCUT2D eigenvalue weighted by atomic mass is 16.5. The number of ether oxygens (including phenoxy) is 1. The largest absolute Gasteiger partial charge is 0.376 e. The first kappa shape index (κ1) is 11.5. The Hall–Kier alpha value is -0.610. The SMILES string of the molecule is CC1CNCC1C(=O)NC1CCOC1C1CC1. The van der Waals surface area contributed by atoms with Crippen LogP contribution in [0.5, 0.6) is 0 Å². The van der Waals surface area contributed by atoms with Gasteiger partial charge >= 0.3 is 0 Å². The Morgan fingerprint density at radius 2 is 2.12 bits per heavy atom. The molecule has 0 radical (unpaired) electrons. The molecule has 3 fully saturated rings. The van der Waals surface area contributed by atoms with E-state index in [0.717, 1.165) is 26.1 Å². The summed E-state index contributed by atoms with van der Waals surface area (Å²) in [5, 5.41) is 6.50. The van der Waals surface area contributed by atoms with Gasteiger partial charge in [-0.05, 0) is 37.6 Å². The van der Waals surface area contributed by atoms with Crippen molar-refractivity contribution in [3.8, 4) is 0 Å². The standard InChI is InChI=1S/C13H22N2O2/c1-8-6-14-7-10(8)13(16)15-11-4-5-17-12(11)9-2-3-9/h8-12,14H,2-7H2,1H3,(H,15,16). The minimum Gasteiger partial charge on any atom is -0.376 e. The zero-order valence-corrected chi connectivity index (χ0v) is 10.4. The van der Waals surface area contributed by atoms with Crippen LogP contribution in [0.4, 0.5) is 0 Å². The number of hydrogen-bond donors (Lipinski definition) is 2. The van der Waals surface area contributed by atoms with E-state index in [4.69, 9.17) is 4.74 Å². The lowest BCUT2D eigenvalue weighted by atomic mass is 9.96. The summed E-state index contributed by atoms with van der Waals surface area (Å²) >= 11 is 0. The van der Waals surface area contributed by atoms with Crippen molar-refractivity contribution in [2.45, 2.75) is 38.3 Å². The fourth-order valence-electron chi connectivity index (χ4n) is 3.11. The van der Waals surface area contributed by atoms with Crippen LogP contribution in [0.25, 0.3) is 0 Å². The van der Waals surface area contributed by atoms with Crippen LogP contribution in [-0.4, -0.2) is 37.7 Å². The van der Waals surface area contributed by atoms with E-state index in [2.05, 4.69) is 17.6 Å². The molecule has 1 aliphatic carbocycles. The van der Waals surface area contributed by atoms with Crippen LogP contribution in [0.1, 0.15) is 26.2 Å². The van der Waals surface area contributed by atoms with Crippen LogP contribution >= 0.6 is 0 Å². The van der Waals surface area contributed by atoms with Crippen LogP contribution in [0, 0.1) is 17.8 Å². The van der Waals surface area contributed by atoms with Gasteiger partial charge in [-0.2, -0.15) is 0 Å². The van der Waals surface area contributed by atoms with Gasteiger partial charge in [-0.15, -0.1) is 0 Å². The highest BCUT2D eigenvalue weighted by Gasteiger charge is 2.42. The fraction of sp³-hybridized carbons (Fsp3) is 0.923. The molecule has 4 unspecified atom stereocenters. The van der Waals surface area contributed by atoms with Crippen molar-refractivity contribution >= 4 is 5.91 Å². The Morgan fingerprint density at radius 1 is 1.29 bits per heavy atom. The van der Waals surface area contributed by atoms with E-state index in [0.29, 0.717) is 17.9 Å². The highest BCUT2D eigenvalue weighted by molar-refractivity contribution is 5.80. The summed E-state index contributed by atoms with van der Waals surface area (Å²) < 4.78 is 5.75. The van der Waals surface area contributed by atoms with Gasteiger partial charge in [0.05, 0.1) is 18.1 Å². The van der Waals surface area contributed by atoms with Crippen LogP contribution in [0.3, 0.4) is 0 Å². The molecule has 4 nitrogen and oxygen atoms in total. The average Bonchev–Trinajstić information content (AvgIpc) is 2.89. The monoisotopic (exact) mass is 238 g/mol. The van der Waals surface area contributed by atoms with Crippen molar-refractivity contribution in [2.75, 3.05) is 19.7 Å². The minimum absolute atomic E-state index is 0.149. The van der Waals surface area contributed by atoms with Gasteiger partial charge < -0.3 is 15.4 Å². The van der Waals surface area contributed by atoms with Crippen molar-refractivity contribution in [3.05, 3.63) is 0 Å². The van der Waals surface area contributed by atoms with Crippen LogP contribution in [0.2, 0.25) is 0 Å². The number of rotatable bonds is 3. The quantitative estimate of drug-likeness (QED) is 0.754. The maximum Gasteiger partial charge on any atom is 0.225 e. The highest BCUT2D eigenvalue weighted by Crippen LogP contribution is 2.38. The fourth-order valence-corrected chi connectivity index (χ4v) is 3.11. The molecule has 1 amide bonds. The first-order valence-corrected chi connectivity index (χ1v) is 6.88. The molecule has 4 heteroatoms. The Balaban J connectivity index is 1.56. The Bertz CT molecular complexity index is 304. The molecule has 0 bridgehead atoms. The summed E-state index contributed by atoms with van der Waals surface area (Å²) in [6.07, 6.45) is 3.83. The molecule has 2 aliphatic heterocycles. The Morgan fingerprint density at radius 3 is 2.76 bits per heavy atom. The number of carbonyl (C=O) groups excluding carboxylic acids is 1. The molecule has 17 heavy (non-hydrogen) atoms. The molecule has 96 valence electrons. The van der Waals surface area contributed by atoms with Crippen molar-refractivity contribution in [3.63, 3.8) is 0 Å². The summed E-state index contributed by atoms with van der Waals surface area (Å²) in [7, 11) is 0. The first-order chi connectivity index (χ1) is 8.25. The second kappa shape index (κ2) is 4.58. The van der Waals surface area contributed by atoms with Gasteiger partial charge in [0.2, 0.25) is 5.91 Å². The number of hydrogen-bond acceptors (Lipinski definition) is 3. The van der Waals surface area contributed by atoms with Gasteiger partial charge in [0, 0.05) is 13.2 Å². The summed E-state index contributed by atoms with van der Waals surface area (Å²) in [6.45, 7) is 4.75. The van der Waals surface area contributed by atoms with Gasteiger partial charge in [0.15, 0.2) is 0 Å². The third-order valence-corrected chi connectivity index (χ3v) is 4.40. The Labute approximate surface area is 102 Å². The van der Waals surface area contributed by atoms with Gasteiger partial charge in [0.1, 0.15) is 0 Å². The first-order valence-electron chi connectivity index (χ1n) is 6.88. The van der Waals surface area contributed by atoms with Crippen molar-refractivity contribution in [1.82, 2.24) is 10.6 Å². The molecule has 2 N–H and O–H groups in total. The van der Waals surface area contributed by atoms with E-state index in [1.165, 1.54) is 12.8 Å². The van der Waals surface area contributed by atoms with Crippen molar-refractivity contribution < 1.29 is 9.53 Å². The molecule has 0 aromatic carbocycles. The zero-order valence-electron chi connectivity index (χ0n) is 10.4. The minimum atomic E-state index is 0.149. The second-order valence-corrected chi connectivity index (χ2v) is 5.82. The average molecular weight is 238 g/mol. The molecule has 3 rings (SSSR count). The van der Waals surface area contributed by atoms with Gasteiger partial charge in [0.25, 0.3) is 0 Å². The van der Waals surface area contributed by atoms with E-state index < -0.39 is 0 Å². The van der Waals surface area contributed by atoms with Crippen LogP contribution < -0.4 is 10.6 Å². The maximum atomic E-state index is 12.2. The predicted octanol–water partition coefficient (Wildman–Crippen LogP) is 0.526.